The van der Waals surface area contributed by atoms with Gasteiger partial charge in [0.15, 0.2) is 11.3 Å². The number of para-hydroxylation sites is 1. The molecule has 3 N–H and O–H groups in total. The third-order valence-electron chi connectivity index (χ3n) is 11.5. The SMILES string of the molecule is Cc1cc(-c2cc(O[C@@H]3C[C@H]4C(=O)N[C@]5(C(=O)NS(=O)(=O)C6CC6)C[C@H]5/C=C\CCCCC[C@H](NC(=O)OC(C)(C)C)C(=O)N4C3)c3oc4ccccc4c3n2)sc1C. The van der Waals surface area contributed by atoms with Gasteiger partial charge in [-0.3, -0.25) is 19.1 Å². The largest absolute Gasteiger partial charge is 0.484 e. The van der Waals surface area contributed by atoms with Gasteiger partial charge in [0.25, 0.3) is 5.91 Å². The highest BCUT2D eigenvalue weighted by Gasteiger charge is 2.62. The van der Waals surface area contributed by atoms with Crippen LogP contribution in [0.4, 0.5) is 4.79 Å². The second kappa shape index (κ2) is 15.6. The monoisotopic (exact) mass is 845 g/mol. The summed E-state index contributed by atoms with van der Waals surface area (Å²) in [7, 11) is -3.91. The molecule has 4 aliphatic rings. The van der Waals surface area contributed by atoms with Gasteiger partial charge in [-0.2, -0.15) is 0 Å². The second-order valence-corrected chi connectivity index (χ2v) is 20.5. The minimum absolute atomic E-state index is 0.0292. The van der Waals surface area contributed by atoms with Crippen molar-refractivity contribution in [3.8, 4) is 16.3 Å². The van der Waals surface area contributed by atoms with Crippen molar-refractivity contribution >= 4 is 67.2 Å². The number of sulfonamides is 1. The van der Waals surface area contributed by atoms with Gasteiger partial charge in [-0.05, 0) is 96.9 Å². The number of benzene rings is 1. The van der Waals surface area contributed by atoms with E-state index in [1.807, 2.05) is 49.4 Å². The highest BCUT2D eigenvalue weighted by Crippen LogP contribution is 2.46. The van der Waals surface area contributed by atoms with Crippen LogP contribution in [-0.2, 0) is 29.1 Å². The number of amides is 4. The molecule has 0 spiro atoms. The zero-order chi connectivity index (χ0) is 41.9. The summed E-state index contributed by atoms with van der Waals surface area (Å²) in [5.74, 6) is -1.96. The van der Waals surface area contributed by atoms with Crippen molar-refractivity contribution in [2.75, 3.05) is 6.54 Å². The molecule has 1 aromatic carbocycles. The van der Waals surface area contributed by atoms with E-state index in [-0.39, 0.29) is 19.4 Å². The van der Waals surface area contributed by atoms with Crippen molar-refractivity contribution < 1.29 is 41.5 Å². The number of carbonyl (C=O) groups is 4. The van der Waals surface area contributed by atoms with Crippen LogP contribution in [0.1, 0.15) is 89.0 Å². The molecular weight excluding hydrogens is 795 g/mol. The molecule has 0 radical (unpaired) electrons. The molecule has 3 fully saturated rings. The lowest BCUT2D eigenvalue weighted by molar-refractivity contribution is -0.141. The first-order valence-electron chi connectivity index (χ1n) is 20.4. The zero-order valence-electron chi connectivity index (χ0n) is 34.0. The van der Waals surface area contributed by atoms with E-state index in [0.717, 1.165) is 33.5 Å². The van der Waals surface area contributed by atoms with Crippen LogP contribution in [0.5, 0.6) is 5.75 Å². The number of thiophene rings is 1. The summed E-state index contributed by atoms with van der Waals surface area (Å²) >= 11 is 1.62. The fourth-order valence-electron chi connectivity index (χ4n) is 8.04. The summed E-state index contributed by atoms with van der Waals surface area (Å²) in [5, 5.41) is 5.86. The van der Waals surface area contributed by atoms with Crippen LogP contribution in [0.25, 0.3) is 32.6 Å². The molecule has 14 nitrogen and oxygen atoms in total. The summed E-state index contributed by atoms with van der Waals surface area (Å²) in [6.07, 6.45) is 6.67. The number of carbonyl (C=O) groups excluding carboxylic acids is 4. The molecule has 0 bridgehead atoms. The highest BCUT2D eigenvalue weighted by molar-refractivity contribution is 7.91. The van der Waals surface area contributed by atoms with Gasteiger partial charge in [-0.1, -0.05) is 37.1 Å². The van der Waals surface area contributed by atoms with Gasteiger partial charge >= 0.3 is 6.09 Å². The van der Waals surface area contributed by atoms with Gasteiger partial charge in [-0.15, -0.1) is 11.3 Å². The van der Waals surface area contributed by atoms with Gasteiger partial charge in [0.2, 0.25) is 21.8 Å². The number of furan rings is 1. The number of hydrogen-bond donors (Lipinski definition) is 3. The fraction of sp³-hybridized carbons (Fsp3) is 0.512. The Hall–Kier alpha value is -4.96. The quantitative estimate of drug-likeness (QED) is 0.172. The Bertz CT molecular complexity index is 2450. The van der Waals surface area contributed by atoms with Crippen LogP contribution in [0.15, 0.2) is 53.0 Å². The Morgan fingerprint density at radius 3 is 2.58 bits per heavy atom. The predicted octanol–water partition coefficient (Wildman–Crippen LogP) is 6.57. The molecule has 8 rings (SSSR count). The lowest BCUT2D eigenvalue weighted by Gasteiger charge is -2.30. The molecule has 2 aliphatic carbocycles. The van der Waals surface area contributed by atoms with E-state index in [4.69, 9.17) is 18.9 Å². The van der Waals surface area contributed by atoms with Gasteiger partial charge in [0.1, 0.15) is 40.4 Å². The van der Waals surface area contributed by atoms with Gasteiger partial charge < -0.3 is 29.4 Å². The molecular formula is C43H51N5O9S2. The van der Waals surface area contributed by atoms with Crippen LogP contribution in [-0.4, -0.2) is 83.2 Å². The number of rotatable bonds is 7. The Kier molecular flexibility index (Phi) is 10.8. The van der Waals surface area contributed by atoms with E-state index < -0.39 is 74.3 Å². The number of allylic oxidation sites excluding steroid dienone is 1. The number of aryl methyl sites for hydroxylation is 2. The number of alkyl carbamates (subject to hydrolysis) is 1. The Labute approximate surface area is 347 Å². The van der Waals surface area contributed by atoms with Crippen molar-refractivity contribution in [3.63, 3.8) is 0 Å². The molecule has 314 valence electrons. The molecule has 4 aromatic rings. The topological polar surface area (TPSA) is 186 Å². The summed E-state index contributed by atoms with van der Waals surface area (Å²) in [6, 6.07) is 9.32. The molecule has 5 heterocycles. The highest BCUT2D eigenvalue weighted by atomic mass is 32.2. The predicted molar refractivity (Wildman–Crippen MR) is 223 cm³/mol. The van der Waals surface area contributed by atoms with Crippen LogP contribution in [0.2, 0.25) is 0 Å². The standard InChI is InChI=1S/C43H51N5O9S2/c1-24-19-35(58-25(24)2)31-21-34(37-36(44-31)29-14-11-12-16-33(29)56-37)55-27-20-32-38(49)46-43(40(51)47-59(53,54)28-17-18-28)22-26(43)13-9-7-6-8-10-15-30(39(50)48(32)23-27)45-41(52)57-42(3,4)5/h9,11-14,16,19,21,26-28,30,32H,6-8,10,15,17-18,20,22-23H2,1-5H3,(H,45,52)(H,46,49)(H,47,51)/b13-9-/t26-,27-,30+,32+,43-/m1/s1. The number of aromatic nitrogens is 1. The van der Waals surface area contributed by atoms with Crippen LogP contribution in [0, 0.1) is 19.8 Å². The van der Waals surface area contributed by atoms with Crippen molar-refractivity contribution in [1.29, 1.82) is 0 Å². The second-order valence-electron chi connectivity index (χ2n) is 17.3. The van der Waals surface area contributed by atoms with E-state index in [1.54, 1.807) is 32.1 Å². The zero-order valence-corrected chi connectivity index (χ0v) is 35.6. The number of nitrogens with one attached hydrogen (secondary N) is 3. The maximum Gasteiger partial charge on any atom is 0.408 e. The van der Waals surface area contributed by atoms with Gasteiger partial charge in [0.05, 0.1) is 22.4 Å². The normalized spacial score (nSPS) is 25.9. The Morgan fingerprint density at radius 1 is 1.07 bits per heavy atom. The molecule has 5 atom stereocenters. The Balaban J connectivity index is 1.15. The summed E-state index contributed by atoms with van der Waals surface area (Å²) in [4.78, 5) is 64.8. The number of pyridine rings is 1. The lowest BCUT2D eigenvalue weighted by atomic mass is 10.0. The van der Waals surface area contributed by atoms with Crippen molar-refractivity contribution in [3.05, 3.63) is 59.0 Å². The molecule has 3 aromatic heterocycles. The number of fused-ring (bicyclic) bond motifs is 5. The number of nitrogens with zero attached hydrogens (tertiary/aromatic N) is 2. The van der Waals surface area contributed by atoms with E-state index in [1.165, 1.54) is 4.90 Å². The summed E-state index contributed by atoms with van der Waals surface area (Å²) in [5.41, 5.74) is 1.14. The van der Waals surface area contributed by atoms with Gasteiger partial charge in [-0.25, -0.2) is 18.2 Å². The summed E-state index contributed by atoms with van der Waals surface area (Å²) in [6.45, 7) is 9.28. The molecule has 1 saturated heterocycles. The molecule has 2 aliphatic heterocycles. The van der Waals surface area contributed by atoms with Crippen molar-refractivity contribution in [1.82, 2.24) is 25.2 Å². The molecule has 0 unspecified atom stereocenters. The Morgan fingerprint density at radius 2 is 1.85 bits per heavy atom. The molecule has 4 amide bonds. The van der Waals surface area contributed by atoms with Crippen molar-refractivity contribution in [2.45, 2.75) is 127 Å². The first-order chi connectivity index (χ1) is 28.0. The van der Waals surface area contributed by atoms with Crippen LogP contribution >= 0.6 is 11.3 Å². The smallest absolute Gasteiger partial charge is 0.408 e. The van der Waals surface area contributed by atoms with Crippen LogP contribution in [0.3, 0.4) is 0 Å². The lowest BCUT2D eigenvalue weighted by Crippen LogP contribution is -2.58. The molecule has 2 saturated carbocycles. The fourth-order valence-corrected chi connectivity index (χ4v) is 10.4. The number of ether oxygens (including phenoxy) is 2. The van der Waals surface area contributed by atoms with E-state index in [9.17, 15) is 27.6 Å². The first kappa shape index (κ1) is 40.8. The number of hydrogen-bond acceptors (Lipinski definition) is 11. The van der Waals surface area contributed by atoms with E-state index in [0.29, 0.717) is 60.2 Å². The molecule has 59 heavy (non-hydrogen) atoms. The third kappa shape index (κ3) is 8.56. The average molecular weight is 846 g/mol. The van der Waals surface area contributed by atoms with E-state index >= 15 is 0 Å². The third-order valence-corrected chi connectivity index (χ3v) is 14.5. The maximum absolute atomic E-state index is 14.7. The minimum atomic E-state index is -3.91. The average Bonchev–Trinajstić information content (AvgIpc) is 4.03. The first-order valence-corrected chi connectivity index (χ1v) is 22.8. The maximum atomic E-state index is 14.7. The van der Waals surface area contributed by atoms with E-state index in [2.05, 4.69) is 28.3 Å². The summed E-state index contributed by atoms with van der Waals surface area (Å²) < 4.78 is 46.7. The van der Waals surface area contributed by atoms with Crippen LogP contribution < -0.4 is 20.1 Å². The molecule has 16 heteroatoms. The van der Waals surface area contributed by atoms with Crippen molar-refractivity contribution in [2.24, 2.45) is 5.92 Å². The van der Waals surface area contributed by atoms with Gasteiger partial charge in [0, 0.05) is 28.7 Å². The minimum Gasteiger partial charge on any atom is -0.484 e.